The lowest BCUT2D eigenvalue weighted by atomic mass is 10.3. The van der Waals surface area contributed by atoms with Crippen LogP contribution < -0.4 is 0 Å². The van der Waals surface area contributed by atoms with Crippen LogP contribution in [0.1, 0.15) is 19.3 Å². The number of thiol groups is 2. The number of hydrogen-bond acceptors (Lipinski definition) is 4. The number of rotatable bonds is 4. The Hall–Kier alpha value is 0.620. The Morgan fingerprint density at radius 2 is 1.07 bits per heavy atom. The Kier molecular flexibility index (Phi) is 7.97. The zero-order valence-electron chi connectivity index (χ0n) is 9.57. The summed E-state index contributed by atoms with van der Waals surface area (Å²) >= 11 is 8.62. The monoisotopic (exact) mass is 248 g/mol. The van der Waals surface area contributed by atoms with Gasteiger partial charge in [-0.2, -0.15) is 25.3 Å². The minimum Gasteiger partial charge on any atom is -0.302 e. The van der Waals surface area contributed by atoms with Crippen molar-refractivity contribution in [3.63, 3.8) is 0 Å². The fourth-order valence-corrected chi connectivity index (χ4v) is 2.71. The maximum absolute atomic E-state index is 4.31. The fourth-order valence-electron chi connectivity index (χ4n) is 2.14. The van der Waals surface area contributed by atoms with E-state index < -0.39 is 0 Å². The van der Waals surface area contributed by atoms with Crippen molar-refractivity contribution in [2.45, 2.75) is 19.3 Å². The summed E-state index contributed by atoms with van der Waals surface area (Å²) < 4.78 is 0. The summed E-state index contributed by atoms with van der Waals surface area (Å²) in [5, 5.41) is 0. The Morgan fingerprint density at radius 1 is 0.667 bits per heavy atom. The van der Waals surface area contributed by atoms with Crippen LogP contribution in [0.2, 0.25) is 0 Å². The Balaban J connectivity index is 2.27. The molecule has 1 rings (SSSR count). The van der Waals surface area contributed by atoms with E-state index in [9.17, 15) is 0 Å². The fraction of sp³-hybridized carbons (Fsp3) is 1.00. The molecule has 0 radical (unpaired) electrons. The standard InChI is InChI=1S/C11H24N2S2/c14-10-8-12-4-1-2-5-13(9-11-15)7-3-6-12/h14-15H,1-11H2. The topological polar surface area (TPSA) is 6.48 Å². The molecule has 0 saturated carbocycles. The summed E-state index contributed by atoms with van der Waals surface area (Å²) in [5.74, 6) is 1.97. The van der Waals surface area contributed by atoms with Gasteiger partial charge in [-0.25, -0.2) is 0 Å². The molecular weight excluding hydrogens is 224 g/mol. The maximum Gasteiger partial charge on any atom is 0.00698 e. The van der Waals surface area contributed by atoms with Gasteiger partial charge < -0.3 is 9.80 Å². The third kappa shape index (κ3) is 6.05. The van der Waals surface area contributed by atoms with Gasteiger partial charge in [0.15, 0.2) is 0 Å². The highest BCUT2D eigenvalue weighted by molar-refractivity contribution is 7.80. The van der Waals surface area contributed by atoms with Crippen LogP contribution in [-0.4, -0.2) is 60.6 Å². The van der Waals surface area contributed by atoms with E-state index in [0.29, 0.717) is 0 Å². The highest BCUT2D eigenvalue weighted by Gasteiger charge is 2.10. The summed E-state index contributed by atoms with van der Waals surface area (Å²) in [6.07, 6.45) is 3.95. The first-order valence-corrected chi connectivity index (χ1v) is 7.29. The van der Waals surface area contributed by atoms with Crippen LogP contribution in [0.3, 0.4) is 0 Å². The summed E-state index contributed by atoms with van der Waals surface area (Å²) in [7, 11) is 0. The maximum atomic E-state index is 4.31. The lowest BCUT2D eigenvalue weighted by Crippen LogP contribution is -2.30. The number of nitrogens with zero attached hydrogens (tertiary/aromatic N) is 2. The number of hydrogen-bond donors (Lipinski definition) is 2. The quantitative estimate of drug-likeness (QED) is 0.730. The van der Waals surface area contributed by atoms with Crippen molar-refractivity contribution in [3.05, 3.63) is 0 Å². The van der Waals surface area contributed by atoms with Gasteiger partial charge in [0.05, 0.1) is 0 Å². The van der Waals surface area contributed by atoms with Crippen LogP contribution in [-0.2, 0) is 0 Å². The van der Waals surface area contributed by atoms with Crippen LogP contribution in [0.15, 0.2) is 0 Å². The molecule has 0 aromatic rings. The molecule has 1 aliphatic heterocycles. The molecule has 0 aromatic heterocycles. The molecule has 1 saturated heterocycles. The molecule has 4 heteroatoms. The zero-order valence-corrected chi connectivity index (χ0v) is 11.4. The molecule has 0 atom stereocenters. The van der Waals surface area contributed by atoms with Crippen molar-refractivity contribution in [1.29, 1.82) is 0 Å². The van der Waals surface area contributed by atoms with Gasteiger partial charge >= 0.3 is 0 Å². The molecule has 0 N–H and O–H groups in total. The second-order valence-corrected chi connectivity index (χ2v) is 5.09. The van der Waals surface area contributed by atoms with Gasteiger partial charge in [0.1, 0.15) is 0 Å². The van der Waals surface area contributed by atoms with E-state index in [1.165, 1.54) is 45.4 Å². The summed E-state index contributed by atoms with van der Waals surface area (Å²) in [6.45, 7) is 7.29. The molecular formula is C11H24N2S2. The Bertz CT molecular complexity index is 140. The van der Waals surface area contributed by atoms with Crippen molar-refractivity contribution in [3.8, 4) is 0 Å². The van der Waals surface area contributed by atoms with Crippen LogP contribution in [0.4, 0.5) is 0 Å². The molecule has 1 fully saturated rings. The van der Waals surface area contributed by atoms with Crippen molar-refractivity contribution in [2.75, 3.05) is 50.8 Å². The molecule has 15 heavy (non-hydrogen) atoms. The Morgan fingerprint density at radius 3 is 1.47 bits per heavy atom. The second kappa shape index (κ2) is 8.74. The molecule has 0 aromatic carbocycles. The third-order valence-corrected chi connectivity index (χ3v) is 3.38. The highest BCUT2D eigenvalue weighted by Crippen LogP contribution is 2.05. The summed E-state index contributed by atoms with van der Waals surface area (Å²) in [6, 6.07) is 0. The molecule has 1 aliphatic rings. The van der Waals surface area contributed by atoms with Crippen molar-refractivity contribution < 1.29 is 0 Å². The van der Waals surface area contributed by atoms with Gasteiger partial charge in [0, 0.05) is 24.6 Å². The van der Waals surface area contributed by atoms with Crippen LogP contribution in [0.5, 0.6) is 0 Å². The molecule has 0 spiro atoms. The van der Waals surface area contributed by atoms with E-state index in [1.54, 1.807) is 0 Å². The lowest BCUT2D eigenvalue weighted by Gasteiger charge is -2.21. The van der Waals surface area contributed by atoms with Gasteiger partial charge in [-0.15, -0.1) is 0 Å². The van der Waals surface area contributed by atoms with Gasteiger partial charge in [0.2, 0.25) is 0 Å². The first kappa shape index (κ1) is 13.7. The zero-order chi connectivity index (χ0) is 10.9. The smallest absolute Gasteiger partial charge is 0.00698 e. The average molecular weight is 248 g/mol. The average Bonchev–Trinajstić information content (AvgIpc) is 2.33. The van der Waals surface area contributed by atoms with Gasteiger partial charge in [-0.3, -0.25) is 0 Å². The second-order valence-electron chi connectivity index (χ2n) is 4.19. The van der Waals surface area contributed by atoms with Crippen molar-refractivity contribution in [2.24, 2.45) is 0 Å². The van der Waals surface area contributed by atoms with Crippen LogP contribution >= 0.6 is 25.3 Å². The first-order chi connectivity index (χ1) is 7.36. The van der Waals surface area contributed by atoms with E-state index in [0.717, 1.165) is 24.6 Å². The summed E-state index contributed by atoms with van der Waals surface area (Å²) in [4.78, 5) is 5.11. The largest absolute Gasteiger partial charge is 0.302 e. The molecule has 90 valence electrons. The molecule has 1 heterocycles. The normalized spacial score (nSPS) is 22.0. The van der Waals surface area contributed by atoms with Gasteiger partial charge in [-0.05, 0) is 45.4 Å². The summed E-state index contributed by atoms with van der Waals surface area (Å²) in [5.41, 5.74) is 0. The van der Waals surface area contributed by atoms with Gasteiger partial charge in [0.25, 0.3) is 0 Å². The minimum atomic E-state index is 0.986. The highest BCUT2D eigenvalue weighted by atomic mass is 32.1. The van der Waals surface area contributed by atoms with E-state index in [4.69, 9.17) is 0 Å². The van der Waals surface area contributed by atoms with E-state index in [-0.39, 0.29) is 0 Å². The Labute approximate surface area is 105 Å². The first-order valence-electron chi connectivity index (χ1n) is 6.03. The molecule has 0 aliphatic carbocycles. The molecule has 2 nitrogen and oxygen atoms in total. The van der Waals surface area contributed by atoms with Crippen LogP contribution in [0.25, 0.3) is 0 Å². The van der Waals surface area contributed by atoms with E-state index in [2.05, 4.69) is 35.1 Å². The van der Waals surface area contributed by atoms with E-state index >= 15 is 0 Å². The van der Waals surface area contributed by atoms with Crippen molar-refractivity contribution in [1.82, 2.24) is 9.80 Å². The molecule has 0 unspecified atom stereocenters. The van der Waals surface area contributed by atoms with E-state index in [1.807, 2.05) is 0 Å². The predicted molar refractivity (Wildman–Crippen MR) is 74.4 cm³/mol. The van der Waals surface area contributed by atoms with Gasteiger partial charge in [-0.1, -0.05) is 0 Å². The lowest BCUT2D eigenvalue weighted by molar-refractivity contribution is 0.268. The SMILES string of the molecule is SCCN1CCCCN(CCS)CCC1. The van der Waals surface area contributed by atoms with Crippen LogP contribution in [0, 0.1) is 0 Å². The minimum absolute atomic E-state index is 0.986. The molecule has 0 amide bonds. The predicted octanol–water partition coefficient (Wildman–Crippen LogP) is 1.63. The molecule has 0 bridgehead atoms. The third-order valence-electron chi connectivity index (χ3n) is 2.98. The van der Waals surface area contributed by atoms with Crippen molar-refractivity contribution >= 4 is 25.3 Å².